The smallest absolute Gasteiger partial charge is 0.445 e. The van der Waals surface area contributed by atoms with E-state index in [-0.39, 0.29) is 24.0 Å². The van der Waals surface area contributed by atoms with Crippen LogP contribution in [0.4, 0.5) is 18.0 Å². The molecule has 2 aromatic carbocycles. The lowest BCUT2D eigenvalue weighted by molar-refractivity contribution is -0.274. The Kier molecular flexibility index (Phi) is 5.49. The summed E-state index contributed by atoms with van der Waals surface area (Å²) in [5.41, 5.74) is 3.85. The van der Waals surface area contributed by atoms with E-state index in [2.05, 4.69) is 15.0 Å². The third kappa shape index (κ3) is 4.55. The van der Waals surface area contributed by atoms with Gasteiger partial charge in [-0.15, -0.1) is 13.2 Å². The summed E-state index contributed by atoms with van der Waals surface area (Å²) in [6, 6.07) is 11.6. The van der Waals surface area contributed by atoms with Crippen LogP contribution in [0.5, 0.6) is 5.75 Å². The predicted molar refractivity (Wildman–Crippen MR) is 112 cm³/mol. The highest BCUT2D eigenvalue weighted by Gasteiger charge is 2.37. The van der Waals surface area contributed by atoms with Crippen molar-refractivity contribution in [3.63, 3.8) is 0 Å². The molecule has 2 atom stereocenters. The van der Waals surface area contributed by atoms with Crippen LogP contribution in [0.1, 0.15) is 36.4 Å². The molecule has 6 rings (SSSR count). The summed E-state index contributed by atoms with van der Waals surface area (Å²) in [4.78, 5) is 14.9. The second-order valence-electron chi connectivity index (χ2n) is 8.80. The fraction of sp³-hybridized carbons (Fsp3) is 0.458. The number of hydrogen-bond donors (Lipinski definition) is 1. The van der Waals surface area contributed by atoms with E-state index in [0.717, 1.165) is 62.0 Å². The summed E-state index contributed by atoms with van der Waals surface area (Å²) in [7, 11) is 0. The Morgan fingerprint density at radius 1 is 1.00 bits per heavy atom. The normalized spacial score (nSPS) is 26.5. The van der Waals surface area contributed by atoms with Crippen molar-refractivity contribution in [2.75, 3.05) is 19.6 Å². The monoisotopic (exact) mass is 446 g/mol. The number of carbonyl (C=O) groups excluding carboxylic acids is 1. The number of piperidine rings is 3. The number of alkyl carbamates (subject to hydrolysis) is 1. The molecule has 3 saturated heterocycles. The SMILES string of the molecule is O=C(NC1CCc2ccc(-c3ccc(OC(F)(F)F)cc3)cc21)O[C@H]1CN2CCC1CC2. The van der Waals surface area contributed by atoms with Crippen molar-refractivity contribution in [3.8, 4) is 16.9 Å². The van der Waals surface area contributed by atoms with Crippen molar-refractivity contribution in [1.29, 1.82) is 0 Å². The molecule has 2 aromatic rings. The number of carbonyl (C=O) groups is 1. The molecule has 8 heteroatoms. The summed E-state index contributed by atoms with van der Waals surface area (Å²) >= 11 is 0. The van der Waals surface area contributed by atoms with Crippen LogP contribution < -0.4 is 10.1 Å². The molecule has 1 unspecified atom stereocenters. The van der Waals surface area contributed by atoms with Gasteiger partial charge in [0.05, 0.1) is 6.04 Å². The zero-order chi connectivity index (χ0) is 22.3. The number of amides is 1. The number of nitrogens with one attached hydrogen (secondary N) is 1. The second kappa shape index (κ2) is 8.31. The Morgan fingerprint density at radius 2 is 1.72 bits per heavy atom. The molecule has 3 fully saturated rings. The molecule has 1 aliphatic carbocycles. The van der Waals surface area contributed by atoms with Crippen LogP contribution in [-0.2, 0) is 11.2 Å². The number of rotatable bonds is 4. The number of nitrogens with zero attached hydrogens (tertiary/aromatic N) is 1. The minimum atomic E-state index is -4.71. The van der Waals surface area contributed by atoms with Crippen molar-refractivity contribution >= 4 is 6.09 Å². The van der Waals surface area contributed by atoms with Gasteiger partial charge in [-0.05, 0) is 85.1 Å². The summed E-state index contributed by atoms with van der Waals surface area (Å²) < 4.78 is 46.9. The molecule has 5 nitrogen and oxygen atoms in total. The van der Waals surface area contributed by atoms with E-state index in [9.17, 15) is 18.0 Å². The van der Waals surface area contributed by atoms with E-state index in [4.69, 9.17) is 4.74 Å². The van der Waals surface area contributed by atoms with Crippen molar-refractivity contribution in [1.82, 2.24) is 10.2 Å². The van der Waals surface area contributed by atoms with Crippen LogP contribution in [0, 0.1) is 5.92 Å². The van der Waals surface area contributed by atoms with Gasteiger partial charge in [-0.3, -0.25) is 4.90 Å². The van der Waals surface area contributed by atoms with Gasteiger partial charge in [0.25, 0.3) is 0 Å². The quantitative estimate of drug-likeness (QED) is 0.713. The average molecular weight is 446 g/mol. The number of fused-ring (bicyclic) bond motifs is 4. The molecule has 4 aliphatic rings. The maximum Gasteiger partial charge on any atom is 0.573 e. The molecule has 32 heavy (non-hydrogen) atoms. The first kappa shape index (κ1) is 21.1. The lowest BCUT2D eigenvalue weighted by atomic mass is 9.86. The first-order valence-corrected chi connectivity index (χ1v) is 11.0. The van der Waals surface area contributed by atoms with Gasteiger partial charge in [0.2, 0.25) is 0 Å². The number of hydrogen-bond acceptors (Lipinski definition) is 4. The van der Waals surface area contributed by atoms with Crippen LogP contribution in [0.2, 0.25) is 0 Å². The first-order chi connectivity index (χ1) is 15.3. The third-order valence-corrected chi connectivity index (χ3v) is 6.79. The van der Waals surface area contributed by atoms with Gasteiger partial charge in [0, 0.05) is 6.54 Å². The van der Waals surface area contributed by atoms with Gasteiger partial charge in [0.15, 0.2) is 0 Å². The lowest BCUT2D eigenvalue weighted by Gasteiger charge is -2.43. The summed E-state index contributed by atoms with van der Waals surface area (Å²) in [5.74, 6) is 0.204. The Balaban J connectivity index is 1.26. The average Bonchev–Trinajstić information content (AvgIpc) is 3.16. The lowest BCUT2D eigenvalue weighted by Crippen LogP contribution is -2.52. The fourth-order valence-electron chi connectivity index (χ4n) is 5.14. The van der Waals surface area contributed by atoms with Crippen molar-refractivity contribution < 1.29 is 27.4 Å². The molecule has 170 valence electrons. The molecule has 1 amide bonds. The maximum absolute atomic E-state index is 12.6. The van der Waals surface area contributed by atoms with Crippen LogP contribution in [0.3, 0.4) is 0 Å². The number of ether oxygens (including phenoxy) is 2. The Hall–Kier alpha value is -2.74. The molecule has 2 bridgehead atoms. The zero-order valence-corrected chi connectivity index (χ0v) is 17.5. The molecule has 1 N–H and O–H groups in total. The molecular weight excluding hydrogens is 421 g/mol. The highest BCUT2D eigenvalue weighted by atomic mass is 19.4. The van der Waals surface area contributed by atoms with E-state index in [0.29, 0.717) is 5.92 Å². The highest BCUT2D eigenvalue weighted by molar-refractivity contribution is 5.70. The molecule has 3 heterocycles. The van der Waals surface area contributed by atoms with Crippen molar-refractivity contribution in [3.05, 3.63) is 53.6 Å². The minimum Gasteiger partial charge on any atom is -0.445 e. The van der Waals surface area contributed by atoms with Crippen LogP contribution in [0.25, 0.3) is 11.1 Å². The molecule has 0 aromatic heterocycles. The molecule has 0 radical (unpaired) electrons. The van der Waals surface area contributed by atoms with E-state index >= 15 is 0 Å². The maximum atomic E-state index is 12.6. The second-order valence-corrected chi connectivity index (χ2v) is 8.80. The molecule has 0 saturated carbocycles. The highest BCUT2D eigenvalue weighted by Crippen LogP contribution is 2.36. The summed E-state index contributed by atoms with van der Waals surface area (Å²) in [6.07, 6.45) is -1.30. The Labute approximate surface area is 184 Å². The Morgan fingerprint density at radius 3 is 2.38 bits per heavy atom. The molecule has 3 aliphatic heterocycles. The van der Waals surface area contributed by atoms with E-state index in [1.54, 1.807) is 12.1 Å². The van der Waals surface area contributed by atoms with Gasteiger partial charge in [0.1, 0.15) is 11.9 Å². The topological polar surface area (TPSA) is 50.8 Å². The van der Waals surface area contributed by atoms with Gasteiger partial charge < -0.3 is 14.8 Å². The van der Waals surface area contributed by atoms with E-state index in [1.165, 1.54) is 17.7 Å². The van der Waals surface area contributed by atoms with Gasteiger partial charge >= 0.3 is 12.5 Å². The summed E-state index contributed by atoms with van der Waals surface area (Å²) in [5, 5.41) is 3.03. The van der Waals surface area contributed by atoms with Crippen molar-refractivity contribution in [2.45, 2.75) is 44.2 Å². The van der Waals surface area contributed by atoms with Gasteiger partial charge in [-0.25, -0.2) is 4.79 Å². The van der Waals surface area contributed by atoms with E-state index in [1.807, 2.05) is 18.2 Å². The van der Waals surface area contributed by atoms with Gasteiger partial charge in [-0.2, -0.15) is 0 Å². The van der Waals surface area contributed by atoms with Crippen LogP contribution >= 0.6 is 0 Å². The van der Waals surface area contributed by atoms with Crippen LogP contribution in [0.15, 0.2) is 42.5 Å². The minimum absolute atomic E-state index is 0.0397. The number of halogens is 3. The zero-order valence-electron chi connectivity index (χ0n) is 17.5. The number of alkyl halides is 3. The number of benzene rings is 2. The largest absolute Gasteiger partial charge is 0.573 e. The van der Waals surface area contributed by atoms with E-state index < -0.39 is 6.36 Å². The van der Waals surface area contributed by atoms with Crippen molar-refractivity contribution in [2.24, 2.45) is 5.92 Å². The standard InChI is InChI=1S/C24H25F3N2O3/c25-24(26,27)32-19-6-3-15(4-7-19)18-2-1-16-5-8-21(20(16)13-18)28-23(30)31-22-14-29-11-9-17(22)10-12-29/h1-4,6-7,13,17,21-22H,5,8-12,14H2,(H,28,30)/t21?,22-/m0/s1. The summed E-state index contributed by atoms with van der Waals surface area (Å²) in [6.45, 7) is 3.00. The number of aryl methyl sites for hydroxylation is 1. The van der Waals surface area contributed by atoms with Gasteiger partial charge in [-0.1, -0.05) is 24.3 Å². The molecule has 0 spiro atoms. The first-order valence-electron chi connectivity index (χ1n) is 11.0. The Bertz CT molecular complexity index is 985. The van der Waals surface area contributed by atoms with Crippen LogP contribution in [-0.4, -0.2) is 43.1 Å². The predicted octanol–water partition coefficient (Wildman–Crippen LogP) is 5.06. The molecular formula is C24H25F3N2O3. The third-order valence-electron chi connectivity index (χ3n) is 6.79. The fourth-order valence-corrected chi connectivity index (χ4v) is 5.14.